The lowest BCUT2D eigenvalue weighted by atomic mass is 10.0. The number of carboxylic acid groups (broad SMARTS) is 1. The minimum Gasteiger partial charge on any atom is -0.478 e. The van der Waals surface area contributed by atoms with Crippen molar-refractivity contribution in [1.82, 2.24) is 4.57 Å². The van der Waals surface area contributed by atoms with Crippen LogP contribution in [-0.4, -0.2) is 21.6 Å². The van der Waals surface area contributed by atoms with Crippen molar-refractivity contribution >= 4 is 5.97 Å². The molecule has 0 saturated carbocycles. The molecule has 0 bridgehead atoms. The van der Waals surface area contributed by atoms with Crippen LogP contribution in [0.15, 0.2) is 18.5 Å². The highest BCUT2D eigenvalue weighted by Gasteiger charge is 2.28. The van der Waals surface area contributed by atoms with Crippen LogP contribution in [0.25, 0.3) is 0 Å². The van der Waals surface area contributed by atoms with Crippen molar-refractivity contribution in [2.45, 2.75) is 90.0 Å². The van der Waals surface area contributed by atoms with E-state index in [9.17, 15) is 13.6 Å². The van der Waals surface area contributed by atoms with Gasteiger partial charge in [0.25, 0.3) is 5.92 Å². The fourth-order valence-electron chi connectivity index (χ4n) is 2.88. The number of nitrogens with zero attached hydrogens (tertiary/aromatic N) is 1. The van der Waals surface area contributed by atoms with Crippen molar-refractivity contribution in [3.63, 3.8) is 0 Å². The summed E-state index contributed by atoms with van der Waals surface area (Å²) in [5.41, 5.74) is 0.0461. The minimum absolute atomic E-state index is 0.0461. The molecule has 0 unspecified atom stereocenters. The molecule has 1 heterocycles. The Morgan fingerprint density at radius 2 is 1.58 bits per heavy atom. The van der Waals surface area contributed by atoms with Gasteiger partial charge in [-0.3, -0.25) is 0 Å². The normalized spacial score (nSPS) is 11.8. The van der Waals surface area contributed by atoms with Gasteiger partial charge in [-0.15, -0.1) is 0 Å². The lowest BCUT2D eigenvalue weighted by Crippen LogP contribution is -2.23. The highest BCUT2D eigenvalue weighted by atomic mass is 19.3. The Labute approximate surface area is 144 Å². The van der Waals surface area contributed by atoms with Crippen molar-refractivity contribution < 1.29 is 18.7 Å². The van der Waals surface area contributed by atoms with Gasteiger partial charge in [-0.1, -0.05) is 64.7 Å². The molecule has 0 fully saturated rings. The molecule has 1 N–H and O–H groups in total. The molecule has 0 aromatic carbocycles. The molecule has 138 valence electrons. The van der Waals surface area contributed by atoms with Crippen molar-refractivity contribution in [3.8, 4) is 0 Å². The van der Waals surface area contributed by atoms with E-state index in [1.165, 1.54) is 61.6 Å². The molecule has 0 atom stereocenters. The van der Waals surface area contributed by atoms with E-state index >= 15 is 0 Å². The van der Waals surface area contributed by atoms with Gasteiger partial charge in [0.15, 0.2) is 0 Å². The van der Waals surface area contributed by atoms with Crippen LogP contribution in [0.2, 0.25) is 0 Å². The van der Waals surface area contributed by atoms with Crippen LogP contribution in [0.1, 0.15) is 87.9 Å². The molecule has 0 aliphatic carbocycles. The van der Waals surface area contributed by atoms with Crippen LogP contribution < -0.4 is 0 Å². The van der Waals surface area contributed by atoms with Crippen molar-refractivity contribution in [2.75, 3.05) is 0 Å². The highest BCUT2D eigenvalue weighted by Crippen LogP contribution is 2.25. The second-order valence-electron chi connectivity index (χ2n) is 6.67. The summed E-state index contributed by atoms with van der Waals surface area (Å²) >= 11 is 0. The van der Waals surface area contributed by atoms with E-state index in [0.717, 1.165) is 19.3 Å². The number of alkyl halides is 2. The van der Waals surface area contributed by atoms with Gasteiger partial charge in [0.1, 0.15) is 0 Å². The second kappa shape index (κ2) is 11.2. The number of carbonyl (C=O) groups is 1. The van der Waals surface area contributed by atoms with Crippen LogP contribution in [-0.2, 0) is 6.54 Å². The standard InChI is InChI=1S/C19H31F2NO2/c1-2-3-4-5-6-7-8-9-10-11-13-19(20,21)16-22-14-12-17(15-22)18(23)24/h12,14-15H,2-11,13,16H2,1H3,(H,23,24). The Bertz CT molecular complexity index is 472. The van der Waals surface area contributed by atoms with Gasteiger partial charge in [0, 0.05) is 18.8 Å². The number of halogens is 2. The summed E-state index contributed by atoms with van der Waals surface area (Å²) in [6.07, 6.45) is 13.7. The minimum atomic E-state index is -2.78. The number of hydrogen-bond donors (Lipinski definition) is 1. The Balaban J connectivity index is 2.09. The lowest BCUT2D eigenvalue weighted by Gasteiger charge is -2.17. The average molecular weight is 343 g/mol. The third-order valence-corrected chi connectivity index (χ3v) is 4.31. The van der Waals surface area contributed by atoms with E-state index in [4.69, 9.17) is 5.11 Å². The zero-order valence-electron chi connectivity index (χ0n) is 14.8. The second-order valence-corrected chi connectivity index (χ2v) is 6.67. The quantitative estimate of drug-likeness (QED) is 0.413. The Morgan fingerprint density at radius 3 is 2.08 bits per heavy atom. The van der Waals surface area contributed by atoms with Gasteiger partial charge in [-0.2, -0.15) is 0 Å². The number of carboxylic acids is 1. The number of rotatable bonds is 14. The summed E-state index contributed by atoms with van der Waals surface area (Å²) in [6.45, 7) is 1.76. The molecule has 0 radical (unpaired) electrons. The Morgan fingerprint density at radius 1 is 1.04 bits per heavy atom. The van der Waals surface area contributed by atoms with Crippen LogP contribution >= 0.6 is 0 Å². The first-order valence-corrected chi connectivity index (χ1v) is 9.21. The molecule has 0 spiro atoms. The maximum atomic E-state index is 13.9. The first-order valence-electron chi connectivity index (χ1n) is 9.21. The topological polar surface area (TPSA) is 42.2 Å². The van der Waals surface area contributed by atoms with E-state index in [-0.39, 0.29) is 12.0 Å². The third-order valence-electron chi connectivity index (χ3n) is 4.31. The van der Waals surface area contributed by atoms with Crippen molar-refractivity contribution in [3.05, 3.63) is 24.0 Å². The third kappa shape index (κ3) is 9.04. The van der Waals surface area contributed by atoms with E-state index < -0.39 is 18.4 Å². The number of unbranched alkanes of at least 4 members (excludes halogenated alkanes) is 9. The largest absolute Gasteiger partial charge is 0.478 e. The maximum absolute atomic E-state index is 13.9. The molecule has 24 heavy (non-hydrogen) atoms. The molecule has 3 nitrogen and oxygen atoms in total. The monoisotopic (exact) mass is 343 g/mol. The van der Waals surface area contributed by atoms with E-state index in [2.05, 4.69) is 6.92 Å². The predicted octanol–water partition coefficient (Wildman–Crippen LogP) is 6.13. The number of aromatic nitrogens is 1. The van der Waals surface area contributed by atoms with Gasteiger partial charge in [0.2, 0.25) is 0 Å². The van der Waals surface area contributed by atoms with Gasteiger partial charge in [-0.05, 0) is 12.5 Å². The predicted molar refractivity (Wildman–Crippen MR) is 92.8 cm³/mol. The maximum Gasteiger partial charge on any atom is 0.337 e. The smallest absolute Gasteiger partial charge is 0.337 e. The molecule has 0 saturated heterocycles. The van der Waals surface area contributed by atoms with Gasteiger partial charge in [-0.25, -0.2) is 13.6 Å². The molecule has 1 aromatic heterocycles. The summed E-state index contributed by atoms with van der Waals surface area (Å²) in [5, 5.41) is 8.80. The number of aromatic carboxylic acids is 1. The zero-order chi connectivity index (χ0) is 17.8. The van der Waals surface area contributed by atoms with E-state index in [0.29, 0.717) is 6.42 Å². The fraction of sp³-hybridized carbons (Fsp3) is 0.737. The Kier molecular flexibility index (Phi) is 9.65. The van der Waals surface area contributed by atoms with Crippen LogP contribution in [0.3, 0.4) is 0 Å². The molecule has 0 amide bonds. The van der Waals surface area contributed by atoms with Crippen molar-refractivity contribution in [2.24, 2.45) is 0 Å². The van der Waals surface area contributed by atoms with E-state index in [1.54, 1.807) is 0 Å². The van der Waals surface area contributed by atoms with Crippen molar-refractivity contribution in [1.29, 1.82) is 0 Å². The molecular formula is C19H31F2NO2. The molecule has 1 rings (SSSR count). The summed E-state index contributed by atoms with van der Waals surface area (Å²) in [6, 6.07) is 1.35. The van der Waals surface area contributed by atoms with Gasteiger partial charge in [0.05, 0.1) is 12.1 Å². The van der Waals surface area contributed by atoms with Crippen LogP contribution in [0.4, 0.5) is 8.78 Å². The van der Waals surface area contributed by atoms with Crippen LogP contribution in [0, 0.1) is 0 Å². The molecule has 1 aromatic rings. The summed E-state index contributed by atoms with van der Waals surface area (Å²) in [5.74, 6) is -3.87. The molecule has 5 heteroatoms. The summed E-state index contributed by atoms with van der Waals surface area (Å²) < 4.78 is 29.1. The van der Waals surface area contributed by atoms with E-state index in [1.807, 2.05) is 0 Å². The SMILES string of the molecule is CCCCCCCCCCCCC(F)(F)Cn1ccc(C(=O)O)c1. The lowest BCUT2D eigenvalue weighted by molar-refractivity contribution is -0.0266. The summed E-state index contributed by atoms with van der Waals surface area (Å²) in [4.78, 5) is 10.7. The molecular weight excluding hydrogens is 312 g/mol. The fourth-order valence-corrected chi connectivity index (χ4v) is 2.88. The first kappa shape index (κ1) is 20.7. The molecule has 0 aliphatic heterocycles. The average Bonchev–Trinajstić information content (AvgIpc) is 2.97. The number of hydrogen-bond acceptors (Lipinski definition) is 1. The van der Waals surface area contributed by atoms with Gasteiger partial charge >= 0.3 is 5.97 Å². The summed E-state index contributed by atoms with van der Waals surface area (Å²) in [7, 11) is 0. The van der Waals surface area contributed by atoms with Crippen LogP contribution in [0.5, 0.6) is 0 Å². The zero-order valence-corrected chi connectivity index (χ0v) is 14.8. The highest BCUT2D eigenvalue weighted by molar-refractivity contribution is 5.87. The first-order chi connectivity index (χ1) is 11.4. The Hall–Kier alpha value is -1.39. The van der Waals surface area contributed by atoms with Gasteiger partial charge < -0.3 is 9.67 Å². The molecule has 0 aliphatic rings.